The molecule has 4 fully saturated rings. The van der Waals surface area contributed by atoms with E-state index in [1.54, 1.807) is 0 Å². The van der Waals surface area contributed by atoms with Gasteiger partial charge < -0.3 is 15.0 Å². The summed E-state index contributed by atoms with van der Waals surface area (Å²) in [4.78, 5) is 8.00. The zero-order chi connectivity index (χ0) is 20.7. The quantitative estimate of drug-likeness (QED) is 0.691. The number of hydrogen-bond donors (Lipinski definition) is 2. The van der Waals surface area contributed by atoms with Crippen LogP contribution in [0.2, 0.25) is 0 Å². The second kappa shape index (κ2) is 8.38. The molecule has 0 saturated heterocycles. The van der Waals surface area contributed by atoms with Crippen molar-refractivity contribution in [3.8, 4) is 0 Å². The maximum absolute atomic E-state index is 11.5. The number of hydrogen-bond acceptors (Lipinski definition) is 3. The summed E-state index contributed by atoms with van der Waals surface area (Å²) >= 11 is 0. The monoisotopic (exact) mass is 392 g/mol. The highest BCUT2D eigenvalue weighted by Gasteiger charge is 2.63. The van der Waals surface area contributed by atoms with Gasteiger partial charge in [-0.2, -0.15) is 0 Å². The Morgan fingerprint density at radius 3 is 2.39 bits per heavy atom. The molecule has 3 unspecified atom stereocenters. The van der Waals surface area contributed by atoms with E-state index < -0.39 is 0 Å². The molecule has 162 valence electrons. The molecular weight excluding hydrogens is 348 g/mol. The lowest BCUT2D eigenvalue weighted by Crippen LogP contribution is -2.58. The molecule has 0 heterocycles. The van der Waals surface area contributed by atoms with Gasteiger partial charge in [0.1, 0.15) is 6.79 Å². The number of rotatable bonds is 3. The van der Waals surface area contributed by atoms with Crippen LogP contribution in [0.3, 0.4) is 0 Å². The molecule has 4 saturated carbocycles. The molecular formula is C25H44O3. The highest BCUT2D eigenvalue weighted by atomic mass is 16.3. The van der Waals surface area contributed by atoms with Crippen molar-refractivity contribution in [2.24, 2.45) is 46.3 Å². The molecule has 10 atom stereocenters. The number of aliphatic hydroxyl groups excluding tert-OH is 2. The number of carbonyl (C=O) groups is 1. The summed E-state index contributed by atoms with van der Waals surface area (Å²) in [5.74, 6) is 4.37. The molecule has 0 aromatic carbocycles. The average Bonchev–Trinajstić information content (AvgIpc) is 3.04. The number of aliphatic hydroxyl groups is 2. The molecule has 2 N–H and O–H groups in total. The summed E-state index contributed by atoms with van der Waals surface area (Å²) in [5, 5.41) is 21.7. The second-order valence-electron chi connectivity index (χ2n) is 11.2. The Hall–Kier alpha value is -0.410. The molecule has 4 aliphatic rings. The van der Waals surface area contributed by atoms with Gasteiger partial charge in [-0.3, -0.25) is 0 Å². The molecule has 0 spiro atoms. The van der Waals surface area contributed by atoms with Gasteiger partial charge in [0.05, 0.1) is 12.2 Å². The Balaban J connectivity index is 0.00000109. The first-order valence-electron chi connectivity index (χ1n) is 12.0. The normalized spacial score (nSPS) is 51.1. The van der Waals surface area contributed by atoms with E-state index in [-0.39, 0.29) is 17.6 Å². The predicted octanol–water partition coefficient (Wildman–Crippen LogP) is 5.23. The van der Waals surface area contributed by atoms with Crippen LogP contribution in [-0.4, -0.2) is 29.2 Å². The number of fused-ring (bicyclic) bond motifs is 5. The molecule has 0 radical (unpaired) electrons. The van der Waals surface area contributed by atoms with Crippen molar-refractivity contribution in [1.29, 1.82) is 0 Å². The first-order chi connectivity index (χ1) is 13.3. The van der Waals surface area contributed by atoms with Crippen LogP contribution in [0, 0.1) is 46.3 Å². The third-order valence-corrected chi connectivity index (χ3v) is 10.2. The first kappa shape index (κ1) is 22.3. The summed E-state index contributed by atoms with van der Waals surface area (Å²) in [5.41, 5.74) is 0.505. The Kier molecular flexibility index (Phi) is 6.67. The number of carbonyl (C=O) groups excluding carboxylic acids is 1. The molecule has 4 aliphatic carbocycles. The summed E-state index contributed by atoms with van der Waals surface area (Å²) in [6.07, 6.45) is 11.9. The van der Waals surface area contributed by atoms with Crippen molar-refractivity contribution in [3.05, 3.63) is 0 Å². The standard InChI is InChI=1S/C24H42O2.CH2O/c1-5-6-15(2)19-9-10-20-18-8-7-16-13-17(25)11-12-23(16,3)21(18)14-22(26)24(19,20)4;1-2/h15-22,25-26H,5-14H2,1-4H3;1H2/t15-,16-,17+,18?,19-,20?,21?,22+,23+,24-;/m1./s1. The Morgan fingerprint density at radius 1 is 1.00 bits per heavy atom. The van der Waals surface area contributed by atoms with E-state index in [1.165, 1.54) is 44.9 Å². The van der Waals surface area contributed by atoms with Crippen molar-refractivity contribution in [1.82, 2.24) is 0 Å². The van der Waals surface area contributed by atoms with Gasteiger partial charge in [0, 0.05) is 0 Å². The lowest BCUT2D eigenvalue weighted by molar-refractivity contribution is -0.174. The van der Waals surface area contributed by atoms with E-state index in [2.05, 4.69) is 27.7 Å². The summed E-state index contributed by atoms with van der Waals surface area (Å²) in [6.45, 7) is 11.7. The van der Waals surface area contributed by atoms with Gasteiger partial charge >= 0.3 is 0 Å². The maximum atomic E-state index is 11.5. The van der Waals surface area contributed by atoms with Crippen LogP contribution in [0.4, 0.5) is 0 Å². The van der Waals surface area contributed by atoms with Crippen molar-refractivity contribution in [2.45, 2.75) is 104 Å². The van der Waals surface area contributed by atoms with E-state index in [4.69, 9.17) is 4.79 Å². The molecule has 28 heavy (non-hydrogen) atoms. The predicted molar refractivity (Wildman–Crippen MR) is 114 cm³/mol. The maximum Gasteiger partial charge on any atom is 0.106 e. The van der Waals surface area contributed by atoms with Gasteiger partial charge in [-0.25, -0.2) is 0 Å². The van der Waals surface area contributed by atoms with Crippen molar-refractivity contribution in [2.75, 3.05) is 0 Å². The van der Waals surface area contributed by atoms with E-state index in [0.717, 1.165) is 37.0 Å². The van der Waals surface area contributed by atoms with Gasteiger partial charge in [-0.1, -0.05) is 40.5 Å². The van der Waals surface area contributed by atoms with Crippen LogP contribution in [0.15, 0.2) is 0 Å². The van der Waals surface area contributed by atoms with Crippen LogP contribution < -0.4 is 0 Å². The topological polar surface area (TPSA) is 57.5 Å². The van der Waals surface area contributed by atoms with E-state index in [9.17, 15) is 10.2 Å². The minimum atomic E-state index is -0.122. The highest BCUT2D eigenvalue weighted by molar-refractivity contribution is 5.12. The minimum Gasteiger partial charge on any atom is -0.393 e. The molecule has 0 aromatic heterocycles. The van der Waals surface area contributed by atoms with Gasteiger partial charge in [0.25, 0.3) is 0 Å². The summed E-state index contributed by atoms with van der Waals surface area (Å²) < 4.78 is 0. The van der Waals surface area contributed by atoms with Crippen LogP contribution in [0.5, 0.6) is 0 Å². The van der Waals surface area contributed by atoms with E-state index in [1.807, 2.05) is 6.79 Å². The summed E-state index contributed by atoms with van der Waals surface area (Å²) in [6, 6.07) is 0. The Labute approximate surface area is 172 Å². The third kappa shape index (κ3) is 3.29. The molecule has 3 heteroatoms. The Bertz CT molecular complexity index is 536. The smallest absolute Gasteiger partial charge is 0.106 e. The van der Waals surface area contributed by atoms with Crippen LogP contribution in [-0.2, 0) is 4.79 Å². The fourth-order valence-electron chi connectivity index (χ4n) is 8.82. The SMILES string of the molecule is C=O.CCC[C@@H](C)[C@H]1CCC2C3CC[C@@H]4C[C@@H](O)CC[C@]4(C)C3C[C@H](O)[C@@]21C. The second-order valence-corrected chi connectivity index (χ2v) is 11.2. The molecule has 0 aromatic rings. The van der Waals surface area contributed by atoms with Gasteiger partial charge in [-0.05, 0) is 97.7 Å². The molecule has 0 amide bonds. The van der Waals surface area contributed by atoms with E-state index in [0.29, 0.717) is 23.2 Å². The zero-order valence-electron chi connectivity index (χ0n) is 18.7. The van der Waals surface area contributed by atoms with Crippen LogP contribution in [0.1, 0.15) is 91.9 Å². The third-order valence-electron chi connectivity index (χ3n) is 10.2. The van der Waals surface area contributed by atoms with Crippen LogP contribution >= 0.6 is 0 Å². The van der Waals surface area contributed by atoms with Crippen molar-refractivity contribution >= 4 is 6.79 Å². The molecule has 0 bridgehead atoms. The fraction of sp³-hybridized carbons (Fsp3) is 0.960. The Morgan fingerprint density at radius 2 is 1.71 bits per heavy atom. The van der Waals surface area contributed by atoms with Gasteiger partial charge in [0.2, 0.25) is 0 Å². The van der Waals surface area contributed by atoms with Crippen molar-refractivity contribution in [3.63, 3.8) is 0 Å². The molecule has 4 rings (SSSR count). The van der Waals surface area contributed by atoms with Gasteiger partial charge in [-0.15, -0.1) is 0 Å². The molecule has 3 nitrogen and oxygen atoms in total. The average molecular weight is 393 g/mol. The summed E-state index contributed by atoms with van der Waals surface area (Å²) in [7, 11) is 0. The van der Waals surface area contributed by atoms with Crippen LogP contribution in [0.25, 0.3) is 0 Å². The highest BCUT2D eigenvalue weighted by Crippen LogP contribution is 2.68. The lowest BCUT2D eigenvalue weighted by Gasteiger charge is -2.62. The molecule has 0 aliphatic heterocycles. The van der Waals surface area contributed by atoms with E-state index >= 15 is 0 Å². The largest absolute Gasteiger partial charge is 0.393 e. The zero-order valence-corrected chi connectivity index (χ0v) is 18.7. The minimum absolute atomic E-state index is 0.0749. The fourth-order valence-corrected chi connectivity index (χ4v) is 8.82. The van der Waals surface area contributed by atoms with Crippen molar-refractivity contribution < 1.29 is 15.0 Å². The lowest BCUT2D eigenvalue weighted by atomic mass is 9.43. The first-order valence-corrected chi connectivity index (χ1v) is 12.0. The van der Waals surface area contributed by atoms with Gasteiger partial charge in [0.15, 0.2) is 0 Å².